The summed E-state index contributed by atoms with van der Waals surface area (Å²) in [6.07, 6.45) is 2.32. The summed E-state index contributed by atoms with van der Waals surface area (Å²) in [5, 5.41) is 2.85. The van der Waals surface area contributed by atoms with Gasteiger partial charge in [-0.15, -0.1) is 0 Å². The highest BCUT2D eigenvalue weighted by atomic mass is 16.7. The number of hydrogen-bond donors (Lipinski definition) is 2. The van der Waals surface area contributed by atoms with Crippen molar-refractivity contribution in [3.05, 3.63) is 74.9 Å². The average molecular weight is 366 g/mol. The minimum Gasteiger partial charge on any atom is -0.458 e. The first kappa shape index (κ1) is 17.4. The summed E-state index contributed by atoms with van der Waals surface area (Å²) < 4.78 is 11.0. The molecular weight excluding hydrogens is 344 g/mol. The zero-order chi connectivity index (χ0) is 18.8. The predicted molar refractivity (Wildman–Crippen MR) is 101 cm³/mol. The van der Waals surface area contributed by atoms with Crippen LogP contribution in [0.3, 0.4) is 0 Å². The quantitative estimate of drug-likeness (QED) is 0.853. The van der Waals surface area contributed by atoms with Crippen LogP contribution < -0.4 is 10.9 Å². The van der Waals surface area contributed by atoms with Crippen LogP contribution in [0.4, 0.5) is 0 Å². The third kappa shape index (κ3) is 3.35. The van der Waals surface area contributed by atoms with Crippen molar-refractivity contribution in [3.8, 4) is 0 Å². The average Bonchev–Trinajstić information content (AvgIpc) is 3.16. The zero-order valence-electron chi connectivity index (χ0n) is 15.2. The van der Waals surface area contributed by atoms with Crippen LogP contribution in [0.25, 0.3) is 5.76 Å². The molecule has 1 aromatic carbocycles. The molecule has 2 aromatic rings. The van der Waals surface area contributed by atoms with Crippen LogP contribution in [0.15, 0.2) is 47.0 Å². The van der Waals surface area contributed by atoms with Gasteiger partial charge in [-0.2, -0.15) is 0 Å². The van der Waals surface area contributed by atoms with Gasteiger partial charge in [-0.3, -0.25) is 9.59 Å². The maximum Gasteiger partial charge on any atom is 0.261 e. The number of ether oxygens (including phenoxy) is 2. The van der Waals surface area contributed by atoms with E-state index in [1.807, 2.05) is 30.3 Å². The number of aromatic amines is 1. The van der Waals surface area contributed by atoms with Gasteiger partial charge in [0.05, 0.1) is 5.69 Å². The van der Waals surface area contributed by atoms with E-state index in [1.54, 1.807) is 6.07 Å². The van der Waals surface area contributed by atoms with Gasteiger partial charge in [0.25, 0.3) is 11.5 Å². The number of allylic oxidation sites excluding steroid dienone is 1. The molecule has 1 unspecified atom stereocenters. The highest BCUT2D eigenvalue weighted by Crippen LogP contribution is 2.42. The van der Waals surface area contributed by atoms with Crippen molar-refractivity contribution >= 4 is 11.7 Å². The molecule has 6 nitrogen and oxygen atoms in total. The predicted octanol–water partition coefficient (Wildman–Crippen LogP) is 2.92. The summed E-state index contributed by atoms with van der Waals surface area (Å²) in [4.78, 5) is 27.9. The van der Waals surface area contributed by atoms with E-state index in [2.05, 4.69) is 17.2 Å². The Bertz CT molecular complexity index is 946. The molecule has 1 amide bonds. The minimum absolute atomic E-state index is 0.142. The lowest BCUT2D eigenvalue weighted by Gasteiger charge is -2.23. The molecule has 1 aliphatic carbocycles. The number of carbonyl (C=O) groups is 1. The molecule has 1 aromatic heterocycles. The zero-order valence-corrected chi connectivity index (χ0v) is 15.2. The van der Waals surface area contributed by atoms with Gasteiger partial charge in [-0.05, 0) is 36.0 Å². The van der Waals surface area contributed by atoms with E-state index >= 15 is 0 Å². The molecular formula is C21H22N2O4. The number of carbonyl (C=O) groups excluding carboxylic acids is 1. The van der Waals surface area contributed by atoms with Crippen molar-refractivity contribution in [2.75, 3.05) is 13.3 Å². The van der Waals surface area contributed by atoms with Crippen molar-refractivity contribution in [1.82, 2.24) is 10.3 Å². The van der Waals surface area contributed by atoms with Crippen molar-refractivity contribution in [2.24, 2.45) is 0 Å². The Labute approximate surface area is 157 Å². The van der Waals surface area contributed by atoms with E-state index < -0.39 is 5.56 Å². The summed E-state index contributed by atoms with van der Waals surface area (Å²) in [5.41, 5.74) is 2.45. The van der Waals surface area contributed by atoms with E-state index in [-0.39, 0.29) is 24.2 Å². The number of hydrogen-bond acceptors (Lipinski definition) is 4. The molecule has 1 atom stereocenters. The Kier molecular flexibility index (Phi) is 4.71. The lowest BCUT2D eigenvalue weighted by Crippen LogP contribution is -2.32. The number of nitrogens with one attached hydrogen (secondary N) is 2. The summed E-state index contributed by atoms with van der Waals surface area (Å²) >= 11 is 0. The topological polar surface area (TPSA) is 80.4 Å². The van der Waals surface area contributed by atoms with Crippen LogP contribution in [0.2, 0.25) is 0 Å². The Balaban J connectivity index is 1.55. The number of amides is 1. The van der Waals surface area contributed by atoms with Gasteiger partial charge in [-0.25, -0.2) is 0 Å². The van der Waals surface area contributed by atoms with Crippen LogP contribution in [-0.4, -0.2) is 24.2 Å². The van der Waals surface area contributed by atoms with Crippen LogP contribution in [0.5, 0.6) is 0 Å². The number of pyridine rings is 1. The SMILES string of the molecule is CCC1CC2=C(OCO2)c2[nH]c(=O)c(C(=O)NCCc3ccccc3)cc21. The second-order valence-electron chi connectivity index (χ2n) is 6.80. The smallest absolute Gasteiger partial charge is 0.261 e. The molecule has 6 heteroatoms. The highest BCUT2D eigenvalue weighted by molar-refractivity contribution is 5.94. The number of rotatable bonds is 5. The summed E-state index contributed by atoms with van der Waals surface area (Å²) in [5.74, 6) is 1.22. The van der Waals surface area contributed by atoms with Gasteiger partial charge in [-0.1, -0.05) is 37.3 Å². The molecule has 2 N–H and O–H groups in total. The molecule has 27 heavy (non-hydrogen) atoms. The lowest BCUT2D eigenvalue weighted by atomic mass is 9.85. The third-order valence-electron chi connectivity index (χ3n) is 5.14. The number of fused-ring (bicyclic) bond motifs is 2. The fourth-order valence-electron chi connectivity index (χ4n) is 3.65. The molecule has 0 saturated heterocycles. The molecule has 0 bridgehead atoms. The van der Waals surface area contributed by atoms with Crippen LogP contribution in [-0.2, 0) is 15.9 Å². The molecule has 4 rings (SSSR count). The highest BCUT2D eigenvalue weighted by Gasteiger charge is 2.33. The normalized spacial score (nSPS) is 17.6. The van der Waals surface area contributed by atoms with Crippen molar-refractivity contribution in [3.63, 3.8) is 0 Å². The number of benzene rings is 1. The van der Waals surface area contributed by atoms with Crippen LogP contribution in [0, 0.1) is 0 Å². The van der Waals surface area contributed by atoms with E-state index in [0.29, 0.717) is 24.4 Å². The van der Waals surface area contributed by atoms with Gasteiger partial charge in [0.1, 0.15) is 11.3 Å². The van der Waals surface area contributed by atoms with Gasteiger partial charge < -0.3 is 19.8 Å². The second kappa shape index (κ2) is 7.31. The molecule has 0 spiro atoms. The maximum atomic E-state index is 12.6. The van der Waals surface area contributed by atoms with Gasteiger partial charge in [0, 0.05) is 13.0 Å². The Morgan fingerprint density at radius 3 is 2.85 bits per heavy atom. The summed E-state index contributed by atoms with van der Waals surface area (Å²) in [6.45, 7) is 2.73. The monoisotopic (exact) mass is 366 g/mol. The molecule has 1 aliphatic heterocycles. The summed E-state index contributed by atoms with van der Waals surface area (Å²) in [7, 11) is 0. The number of H-pyrrole nitrogens is 1. The molecule has 0 radical (unpaired) electrons. The van der Waals surface area contributed by atoms with E-state index in [9.17, 15) is 9.59 Å². The molecule has 140 valence electrons. The molecule has 0 saturated carbocycles. The standard InChI is InChI=1S/C21H22N2O4/c1-2-14-10-17-19(27-12-26-17)18-15(14)11-16(21(25)23-18)20(24)22-9-8-13-6-4-3-5-7-13/h3-7,11,14H,2,8-10,12H2,1H3,(H,22,24)(H,23,25). The van der Waals surface area contributed by atoms with Crippen molar-refractivity contribution in [1.29, 1.82) is 0 Å². The van der Waals surface area contributed by atoms with Gasteiger partial charge in [0.2, 0.25) is 6.79 Å². The fraction of sp³-hybridized carbons (Fsp3) is 0.333. The van der Waals surface area contributed by atoms with E-state index in [4.69, 9.17) is 9.47 Å². The molecule has 2 heterocycles. The van der Waals surface area contributed by atoms with Gasteiger partial charge in [0.15, 0.2) is 5.76 Å². The Morgan fingerprint density at radius 1 is 1.26 bits per heavy atom. The van der Waals surface area contributed by atoms with Crippen LogP contribution >= 0.6 is 0 Å². The number of aromatic nitrogens is 1. The minimum atomic E-state index is -0.412. The maximum absolute atomic E-state index is 12.6. The first-order valence-corrected chi connectivity index (χ1v) is 9.25. The first-order chi connectivity index (χ1) is 13.2. The Hall–Kier alpha value is -3.02. The van der Waals surface area contributed by atoms with E-state index in [0.717, 1.165) is 29.7 Å². The lowest BCUT2D eigenvalue weighted by molar-refractivity contribution is 0.0841. The fourth-order valence-corrected chi connectivity index (χ4v) is 3.65. The van der Waals surface area contributed by atoms with Crippen molar-refractivity contribution < 1.29 is 14.3 Å². The Morgan fingerprint density at radius 2 is 2.07 bits per heavy atom. The molecule has 2 aliphatic rings. The largest absolute Gasteiger partial charge is 0.458 e. The second-order valence-corrected chi connectivity index (χ2v) is 6.80. The van der Waals surface area contributed by atoms with E-state index in [1.165, 1.54) is 0 Å². The van der Waals surface area contributed by atoms with Gasteiger partial charge >= 0.3 is 0 Å². The van der Waals surface area contributed by atoms with Crippen LogP contribution in [0.1, 0.15) is 52.9 Å². The van der Waals surface area contributed by atoms with Crippen molar-refractivity contribution in [2.45, 2.75) is 32.1 Å². The summed E-state index contributed by atoms with van der Waals surface area (Å²) in [6, 6.07) is 11.6. The first-order valence-electron chi connectivity index (χ1n) is 9.25. The third-order valence-corrected chi connectivity index (χ3v) is 5.14. The molecule has 0 fully saturated rings.